The summed E-state index contributed by atoms with van der Waals surface area (Å²) < 4.78 is 5.73. The zero-order valence-electron chi connectivity index (χ0n) is 12.9. The fourth-order valence-corrected chi connectivity index (χ4v) is 3.41. The summed E-state index contributed by atoms with van der Waals surface area (Å²) in [4.78, 5) is 14.6. The van der Waals surface area contributed by atoms with Crippen LogP contribution >= 0.6 is 0 Å². The van der Waals surface area contributed by atoms with Crippen molar-refractivity contribution >= 4 is 5.91 Å². The van der Waals surface area contributed by atoms with Crippen LogP contribution in [0.5, 0.6) is 0 Å². The molecule has 0 aromatic rings. The van der Waals surface area contributed by atoms with Crippen LogP contribution in [0.4, 0.5) is 0 Å². The summed E-state index contributed by atoms with van der Waals surface area (Å²) in [6.45, 7) is 4.57. The molecule has 2 aliphatic rings. The predicted octanol–water partition coefficient (Wildman–Crippen LogP) is 2.31. The third-order valence-electron chi connectivity index (χ3n) is 4.77. The van der Waals surface area contributed by atoms with Crippen LogP contribution in [0.15, 0.2) is 0 Å². The van der Waals surface area contributed by atoms with Crippen LogP contribution in [0.2, 0.25) is 0 Å². The van der Waals surface area contributed by atoms with Gasteiger partial charge in [0.15, 0.2) is 0 Å². The average molecular weight is 282 g/mol. The molecule has 0 radical (unpaired) electrons. The van der Waals surface area contributed by atoms with Gasteiger partial charge in [0.2, 0.25) is 5.91 Å². The highest BCUT2D eigenvalue weighted by Gasteiger charge is 2.30. The van der Waals surface area contributed by atoms with Crippen LogP contribution < -0.4 is 5.73 Å². The molecular weight excluding hydrogens is 252 g/mol. The number of ether oxygens (including phenoxy) is 1. The Kier molecular flexibility index (Phi) is 6.30. The standard InChI is InChI=1S/C16H30N2O2/c1-13-6-8-14(9-7-13)18(16(19)5-2-10-17)12-15-4-3-11-20-15/h13-15H,2-12,17H2,1H3. The molecule has 1 heterocycles. The van der Waals surface area contributed by atoms with E-state index in [1.165, 1.54) is 12.8 Å². The minimum Gasteiger partial charge on any atom is -0.376 e. The Morgan fingerprint density at radius 1 is 1.25 bits per heavy atom. The van der Waals surface area contributed by atoms with E-state index in [0.717, 1.165) is 51.2 Å². The largest absolute Gasteiger partial charge is 0.376 e. The van der Waals surface area contributed by atoms with Gasteiger partial charge in [-0.25, -0.2) is 0 Å². The van der Waals surface area contributed by atoms with Gasteiger partial charge in [-0.3, -0.25) is 4.79 Å². The van der Waals surface area contributed by atoms with E-state index in [1.807, 2.05) is 0 Å². The smallest absolute Gasteiger partial charge is 0.222 e. The van der Waals surface area contributed by atoms with Crippen LogP contribution in [0, 0.1) is 5.92 Å². The number of hydrogen-bond donors (Lipinski definition) is 1. The lowest BCUT2D eigenvalue weighted by molar-refractivity contribution is -0.136. The molecule has 116 valence electrons. The SMILES string of the molecule is CC1CCC(N(CC2CCCO2)C(=O)CCCN)CC1. The number of carbonyl (C=O) groups is 1. The van der Waals surface area contributed by atoms with Crippen LogP contribution in [0.25, 0.3) is 0 Å². The lowest BCUT2D eigenvalue weighted by Gasteiger charge is -2.37. The molecule has 4 nitrogen and oxygen atoms in total. The van der Waals surface area contributed by atoms with Gasteiger partial charge >= 0.3 is 0 Å². The summed E-state index contributed by atoms with van der Waals surface area (Å²) in [5.41, 5.74) is 5.54. The minimum atomic E-state index is 0.260. The summed E-state index contributed by atoms with van der Waals surface area (Å²) in [6, 6.07) is 0.431. The third kappa shape index (κ3) is 4.45. The topological polar surface area (TPSA) is 55.6 Å². The zero-order valence-corrected chi connectivity index (χ0v) is 12.9. The van der Waals surface area contributed by atoms with Crippen LogP contribution in [-0.4, -0.2) is 42.6 Å². The second-order valence-corrected chi connectivity index (χ2v) is 6.49. The maximum absolute atomic E-state index is 12.5. The molecule has 1 aliphatic heterocycles. The number of hydrogen-bond acceptors (Lipinski definition) is 3. The first-order valence-corrected chi connectivity index (χ1v) is 8.32. The van der Waals surface area contributed by atoms with E-state index in [1.54, 1.807) is 0 Å². The van der Waals surface area contributed by atoms with Gasteiger partial charge in [0.25, 0.3) is 0 Å². The number of amides is 1. The summed E-state index contributed by atoms with van der Waals surface area (Å²) >= 11 is 0. The van der Waals surface area contributed by atoms with E-state index in [4.69, 9.17) is 10.5 Å². The fraction of sp³-hybridized carbons (Fsp3) is 0.938. The first-order valence-electron chi connectivity index (χ1n) is 8.32. The van der Waals surface area contributed by atoms with Gasteiger partial charge in [0, 0.05) is 25.6 Å². The van der Waals surface area contributed by atoms with Crippen molar-refractivity contribution in [1.82, 2.24) is 4.90 Å². The maximum atomic E-state index is 12.5. The third-order valence-corrected chi connectivity index (χ3v) is 4.77. The van der Waals surface area contributed by atoms with Crippen LogP contribution in [0.3, 0.4) is 0 Å². The molecule has 0 spiro atoms. The average Bonchev–Trinajstić information content (AvgIpc) is 2.96. The highest BCUT2D eigenvalue weighted by atomic mass is 16.5. The molecule has 1 saturated carbocycles. The molecule has 0 bridgehead atoms. The molecular formula is C16H30N2O2. The highest BCUT2D eigenvalue weighted by molar-refractivity contribution is 5.76. The van der Waals surface area contributed by atoms with Gasteiger partial charge < -0.3 is 15.4 Å². The number of carbonyl (C=O) groups excluding carboxylic acids is 1. The monoisotopic (exact) mass is 282 g/mol. The number of nitrogens with zero attached hydrogens (tertiary/aromatic N) is 1. The molecule has 2 N–H and O–H groups in total. The van der Waals surface area contributed by atoms with Gasteiger partial charge in [0.05, 0.1) is 6.10 Å². The van der Waals surface area contributed by atoms with Crippen molar-refractivity contribution in [2.75, 3.05) is 19.7 Å². The van der Waals surface area contributed by atoms with Gasteiger partial charge in [-0.2, -0.15) is 0 Å². The second-order valence-electron chi connectivity index (χ2n) is 6.49. The minimum absolute atomic E-state index is 0.260. The molecule has 0 aromatic heterocycles. The Labute approximate surface area is 123 Å². The van der Waals surface area contributed by atoms with Gasteiger partial charge in [-0.1, -0.05) is 6.92 Å². The normalized spacial score (nSPS) is 30.4. The van der Waals surface area contributed by atoms with Crippen molar-refractivity contribution in [2.45, 2.75) is 70.4 Å². The molecule has 1 saturated heterocycles. The Morgan fingerprint density at radius 3 is 2.60 bits per heavy atom. The van der Waals surface area contributed by atoms with Crippen LogP contribution in [-0.2, 0) is 9.53 Å². The lowest BCUT2D eigenvalue weighted by atomic mass is 9.86. The molecule has 0 aromatic carbocycles. The van der Waals surface area contributed by atoms with Crippen molar-refractivity contribution in [3.05, 3.63) is 0 Å². The van der Waals surface area contributed by atoms with Gasteiger partial charge in [0.1, 0.15) is 0 Å². The maximum Gasteiger partial charge on any atom is 0.222 e. The molecule has 1 aliphatic carbocycles. The molecule has 1 unspecified atom stereocenters. The second kappa shape index (κ2) is 7.99. The summed E-state index contributed by atoms with van der Waals surface area (Å²) in [5, 5.41) is 0. The van der Waals surface area contributed by atoms with E-state index in [2.05, 4.69) is 11.8 Å². The molecule has 4 heteroatoms. The van der Waals surface area contributed by atoms with Gasteiger partial charge in [-0.05, 0) is 57.4 Å². The first kappa shape index (κ1) is 15.8. The molecule has 1 atom stereocenters. The molecule has 1 amide bonds. The van der Waals surface area contributed by atoms with Crippen molar-refractivity contribution < 1.29 is 9.53 Å². The highest BCUT2D eigenvalue weighted by Crippen LogP contribution is 2.28. The molecule has 2 rings (SSSR count). The molecule has 2 fully saturated rings. The molecule has 20 heavy (non-hydrogen) atoms. The predicted molar refractivity (Wildman–Crippen MR) is 80.4 cm³/mol. The summed E-state index contributed by atoms with van der Waals surface area (Å²) in [7, 11) is 0. The Balaban J connectivity index is 1.92. The number of nitrogens with two attached hydrogens (primary N) is 1. The van der Waals surface area contributed by atoms with E-state index in [9.17, 15) is 4.79 Å². The van der Waals surface area contributed by atoms with Crippen molar-refractivity contribution in [2.24, 2.45) is 11.7 Å². The fourth-order valence-electron chi connectivity index (χ4n) is 3.41. The van der Waals surface area contributed by atoms with E-state index in [-0.39, 0.29) is 12.0 Å². The Hall–Kier alpha value is -0.610. The van der Waals surface area contributed by atoms with Crippen molar-refractivity contribution in [1.29, 1.82) is 0 Å². The van der Waals surface area contributed by atoms with Crippen LogP contribution in [0.1, 0.15) is 58.3 Å². The summed E-state index contributed by atoms with van der Waals surface area (Å²) in [6.07, 6.45) is 8.69. The van der Waals surface area contributed by atoms with Crippen molar-refractivity contribution in [3.8, 4) is 0 Å². The Bertz CT molecular complexity index is 295. The van der Waals surface area contributed by atoms with Gasteiger partial charge in [-0.15, -0.1) is 0 Å². The van der Waals surface area contributed by atoms with Crippen molar-refractivity contribution in [3.63, 3.8) is 0 Å². The lowest BCUT2D eigenvalue weighted by Crippen LogP contribution is -2.46. The first-order chi connectivity index (χ1) is 9.70. The quantitative estimate of drug-likeness (QED) is 0.813. The Morgan fingerprint density at radius 2 is 2.00 bits per heavy atom. The van der Waals surface area contributed by atoms with E-state index >= 15 is 0 Å². The zero-order chi connectivity index (χ0) is 14.4. The summed E-state index contributed by atoms with van der Waals surface area (Å²) in [5.74, 6) is 1.10. The van der Waals surface area contributed by atoms with E-state index in [0.29, 0.717) is 19.0 Å². The number of rotatable bonds is 6. The van der Waals surface area contributed by atoms with E-state index < -0.39 is 0 Å².